The number of benzene rings is 2. The molecular formula is C21H26N2O5S. The van der Waals surface area contributed by atoms with Crippen molar-refractivity contribution in [2.45, 2.75) is 30.1 Å². The van der Waals surface area contributed by atoms with E-state index in [9.17, 15) is 13.2 Å². The molecule has 2 aromatic rings. The van der Waals surface area contributed by atoms with Crippen molar-refractivity contribution in [2.75, 3.05) is 26.4 Å². The summed E-state index contributed by atoms with van der Waals surface area (Å²) in [6, 6.07) is 14.0. The van der Waals surface area contributed by atoms with Crippen LogP contribution in [0.4, 0.5) is 0 Å². The monoisotopic (exact) mass is 418 g/mol. The van der Waals surface area contributed by atoms with Crippen LogP contribution in [0.2, 0.25) is 0 Å². The predicted molar refractivity (Wildman–Crippen MR) is 109 cm³/mol. The molecule has 8 heteroatoms. The highest BCUT2D eigenvalue weighted by Gasteiger charge is 2.36. The van der Waals surface area contributed by atoms with Gasteiger partial charge in [-0.05, 0) is 43.5 Å². The van der Waals surface area contributed by atoms with Gasteiger partial charge in [-0.1, -0.05) is 30.3 Å². The Morgan fingerprint density at radius 3 is 2.48 bits per heavy atom. The van der Waals surface area contributed by atoms with Crippen LogP contribution in [0.1, 0.15) is 35.7 Å². The van der Waals surface area contributed by atoms with E-state index in [0.29, 0.717) is 32.7 Å². The first-order chi connectivity index (χ1) is 13.9. The minimum absolute atomic E-state index is 0.0917. The summed E-state index contributed by atoms with van der Waals surface area (Å²) in [7, 11) is -3.94. The maximum Gasteiger partial charge on any atom is 0.248 e. The standard InChI is InChI=1S/C21H26N2O5S/c1-2-28-18-9-8-16(20(22)24)14-19(18)29(25,26)23-15-21(10-12-27-13-11-21)17-6-4-3-5-7-17/h3-9,14,23H,2,10-13,15H2,1H3,(H2,22,24). The molecule has 1 saturated heterocycles. The molecule has 1 aliphatic heterocycles. The summed E-state index contributed by atoms with van der Waals surface area (Å²) in [6.45, 7) is 3.41. The maximum atomic E-state index is 13.1. The third-order valence-corrected chi connectivity index (χ3v) is 6.68. The Balaban J connectivity index is 1.92. The van der Waals surface area contributed by atoms with Crippen LogP contribution >= 0.6 is 0 Å². The van der Waals surface area contributed by atoms with Gasteiger partial charge in [-0.2, -0.15) is 0 Å². The lowest BCUT2D eigenvalue weighted by Gasteiger charge is -2.38. The van der Waals surface area contributed by atoms with E-state index in [1.54, 1.807) is 6.92 Å². The number of primary amides is 1. The van der Waals surface area contributed by atoms with Crippen molar-refractivity contribution in [3.63, 3.8) is 0 Å². The Morgan fingerprint density at radius 2 is 1.86 bits per heavy atom. The average molecular weight is 419 g/mol. The van der Waals surface area contributed by atoms with Crippen molar-refractivity contribution < 1.29 is 22.7 Å². The molecule has 1 aliphatic rings. The molecule has 1 heterocycles. The third kappa shape index (κ3) is 4.77. The first-order valence-corrected chi connectivity index (χ1v) is 11.1. The molecule has 2 aromatic carbocycles. The van der Waals surface area contributed by atoms with Gasteiger partial charge in [0.15, 0.2) is 0 Å². The summed E-state index contributed by atoms with van der Waals surface area (Å²) in [5, 5.41) is 0. The number of hydrogen-bond donors (Lipinski definition) is 2. The fourth-order valence-electron chi connectivity index (χ4n) is 3.58. The van der Waals surface area contributed by atoms with Crippen LogP contribution in [0.15, 0.2) is 53.4 Å². The van der Waals surface area contributed by atoms with E-state index in [-0.39, 0.29) is 28.2 Å². The number of nitrogens with two attached hydrogens (primary N) is 1. The first kappa shape index (κ1) is 21.3. The molecular weight excluding hydrogens is 392 g/mol. The van der Waals surface area contributed by atoms with E-state index in [0.717, 1.165) is 5.56 Å². The summed E-state index contributed by atoms with van der Waals surface area (Å²) in [6.07, 6.45) is 1.42. The number of sulfonamides is 1. The van der Waals surface area contributed by atoms with E-state index in [2.05, 4.69) is 4.72 Å². The molecule has 1 amide bonds. The van der Waals surface area contributed by atoms with Gasteiger partial charge < -0.3 is 15.2 Å². The van der Waals surface area contributed by atoms with Crippen molar-refractivity contribution in [3.05, 3.63) is 59.7 Å². The largest absolute Gasteiger partial charge is 0.492 e. The Bertz CT molecular complexity index is 954. The minimum atomic E-state index is -3.94. The lowest BCUT2D eigenvalue weighted by atomic mass is 9.74. The van der Waals surface area contributed by atoms with Gasteiger partial charge in [-0.25, -0.2) is 13.1 Å². The second-order valence-corrected chi connectivity index (χ2v) is 8.78. The van der Waals surface area contributed by atoms with Gasteiger partial charge in [0.05, 0.1) is 6.61 Å². The smallest absolute Gasteiger partial charge is 0.248 e. The van der Waals surface area contributed by atoms with Crippen molar-refractivity contribution in [2.24, 2.45) is 5.73 Å². The van der Waals surface area contributed by atoms with E-state index >= 15 is 0 Å². The Hall–Kier alpha value is -2.42. The number of carbonyl (C=O) groups is 1. The number of ether oxygens (including phenoxy) is 2. The van der Waals surface area contributed by atoms with Crippen LogP contribution in [0.5, 0.6) is 5.75 Å². The predicted octanol–water partition coefficient (Wildman–Crippen LogP) is 2.21. The number of carbonyl (C=O) groups excluding carboxylic acids is 1. The summed E-state index contributed by atoms with van der Waals surface area (Å²) in [4.78, 5) is 11.5. The third-order valence-electron chi connectivity index (χ3n) is 5.25. The zero-order valence-electron chi connectivity index (χ0n) is 16.4. The van der Waals surface area contributed by atoms with Gasteiger partial charge in [-0.15, -0.1) is 0 Å². The van der Waals surface area contributed by atoms with Crippen LogP contribution in [0.3, 0.4) is 0 Å². The Kier molecular flexibility index (Phi) is 6.56. The van der Waals surface area contributed by atoms with E-state index in [1.807, 2.05) is 30.3 Å². The molecule has 1 fully saturated rings. The minimum Gasteiger partial charge on any atom is -0.492 e. The Labute approximate surface area is 171 Å². The molecule has 7 nitrogen and oxygen atoms in total. The van der Waals surface area contributed by atoms with Crippen LogP contribution in [0.25, 0.3) is 0 Å². The van der Waals surface area contributed by atoms with Gasteiger partial charge in [0, 0.05) is 30.7 Å². The molecule has 29 heavy (non-hydrogen) atoms. The molecule has 0 spiro atoms. The van der Waals surface area contributed by atoms with Crippen molar-refractivity contribution in [1.29, 1.82) is 0 Å². The zero-order valence-corrected chi connectivity index (χ0v) is 17.2. The van der Waals surface area contributed by atoms with E-state index < -0.39 is 15.9 Å². The van der Waals surface area contributed by atoms with Gasteiger partial charge >= 0.3 is 0 Å². The summed E-state index contributed by atoms with van der Waals surface area (Å²) in [5.74, 6) is -0.513. The number of amides is 1. The van der Waals surface area contributed by atoms with Crippen LogP contribution in [-0.4, -0.2) is 40.7 Å². The van der Waals surface area contributed by atoms with E-state index in [1.165, 1.54) is 18.2 Å². The molecule has 3 N–H and O–H groups in total. The molecule has 0 unspecified atom stereocenters. The molecule has 0 atom stereocenters. The average Bonchev–Trinajstić information content (AvgIpc) is 2.74. The van der Waals surface area contributed by atoms with Crippen molar-refractivity contribution >= 4 is 15.9 Å². The van der Waals surface area contributed by atoms with Crippen LogP contribution in [-0.2, 0) is 20.2 Å². The molecule has 3 rings (SSSR count). The van der Waals surface area contributed by atoms with Gasteiger partial charge in [0.2, 0.25) is 15.9 Å². The summed E-state index contributed by atoms with van der Waals surface area (Å²) < 4.78 is 40.0. The number of hydrogen-bond acceptors (Lipinski definition) is 5. The lowest BCUT2D eigenvalue weighted by molar-refractivity contribution is 0.0517. The quantitative estimate of drug-likeness (QED) is 0.683. The molecule has 0 saturated carbocycles. The molecule has 156 valence electrons. The van der Waals surface area contributed by atoms with Crippen molar-refractivity contribution in [1.82, 2.24) is 4.72 Å². The first-order valence-electron chi connectivity index (χ1n) is 9.57. The molecule has 0 radical (unpaired) electrons. The number of nitrogens with one attached hydrogen (secondary N) is 1. The molecule has 0 bridgehead atoms. The van der Waals surface area contributed by atoms with E-state index in [4.69, 9.17) is 15.2 Å². The van der Waals surface area contributed by atoms with Crippen molar-refractivity contribution in [3.8, 4) is 5.75 Å². The van der Waals surface area contributed by atoms with Crippen LogP contribution < -0.4 is 15.2 Å². The second-order valence-electron chi connectivity index (χ2n) is 7.04. The highest BCUT2D eigenvalue weighted by molar-refractivity contribution is 7.89. The molecule has 0 aliphatic carbocycles. The number of rotatable bonds is 8. The van der Waals surface area contributed by atoms with Gasteiger partial charge in [0.1, 0.15) is 10.6 Å². The summed E-state index contributed by atoms with van der Waals surface area (Å²) >= 11 is 0. The second kappa shape index (κ2) is 8.94. The fraction of sp³-hybridized carbons (Fsp3) is 0.381. The zero-order chi connectivity index (χ0) is 20.9. The highest BCUT2D eigenvalue weighted by atomic mass is 32.2. The van der Waals surface area contributed by atoms with Crippen LogP contribution in [0, 0.1) is 0 Å². The Morgan fingerprint density at radius 1 is 1.17 bits per heavy atom. The fourth-order valence-corrected chi connectivity index (χ4v) is 4.87. The lowest BCUT2D eigenvalue weighted by Crippen LogP contribution is -2.44. The van der Waals surface area contributed by atoms with Gasteiger partial charge in [-0.3, -0.25) is 4.79 Å². The van der Waals surface area contributed by atoms with Gasteiger partial charge in [0.25, 0.3) is 0 Å². The molecule has 0 aromatic heterocycles. The normalized spacial score (nSPS) is 16.3. The topological polar surface area (TPSA) is 108 Å². The maximum absolute atomic E-state index is 13.1. The highest BCUT2D eigenvalue weighted by Crippen LogP contribution is 2.35. The SMILES string of the molecule is CCOc1ccc(C(N)=O)cc1S(=O)(=O)NCC1(c2ccccc2)CCOCC1. The summed E-state index contributed by atoms with van der Waals surface area (Å²) in [5.41, 5.74) is 6.15.